The fourth-order valence-electron chi connectivity index (χ4n) is 3.22. The van der Waals surface area contributed by atoms with Gasteiger partial charge in [0.1, 0.15) is 17.4 Å². The molecule has 2 aromatic carbocycles. The molecule has 1 aliphatic rings. The molecule has 1 saturated heterocycles. The lowest BCUT2D eigenvalue weighted by Gasteiger charge is -2.31. The van der Waals surface area contributed by atoms with Gasteiger partial charge < -0.3 is 9.64 Å². The van der Waals surface area contributed by atoms with Crippen LogP contribution in [0.3, 0.4) is 0 Å². The quantitative estimate of drug-likeness (QED) is 0.662. The largest absolute Gasteiger partial charge is 0.497 e. The van der Waals surface area contributed by atoms with Crippen molar-refractivity contribution in [1.82, 2.24) is 4.90 Å². The maximum absolute atomic E-state index is 13.8. The number of hydrogen-bond donors (Lipinski definition) is 0. The van der Waals surface area contributed by atoms with Crippen LogP contribution in [0.5, 0.6) is 5.75 Å². The van der Waals surface area contributed by atoms with Gasteiger partial charge in [0.25, 0.3) is 5.91 Å². The topological polar surface area (TPSA) is 46.6 Å². The first-order chi connectivity index (χ1) is 12.9. The fourth-order valence-corrected chi connectivity index (χ4v) is 3.63. The summed E-state index contributed by atoms with van der Waals surface area (Å²) in [5.74, 6) is -1.80. The van der Waals surface area contributed by atoms with E-state index in [4.69, 9.17) is 4.74 Å². The van der Waals surface area contributed by atoms with Crippen molar-refractivity contribution in [1.29, 1.82) is 0 Å². The van der Waals surface area contributed by atoms with Crippen molar-refractivity contribution < 1.29 is 23.1 Å². The van der Waals surface area contributed by atoms with Gasteiger partial charge in [-0.1, -0.05) is 0 Å². The molecule has 0 aliphatic carbocycles. The first kappa shape index (κ1) is 19.5. The number of rotatable bonds is 4. The van der Waals surface area contributed by atoms with E-state index in [-0.39, 0.29) is 11.5 Å². The Bertz CT molecular complexity index is 880. The predicted molar refractivity (Wildman–Crippen MR) is 100 cm³/mol. The Morgan fingerprint density at radius 3 is 2.44 bits per heavy atom. The summed E-state index contributed by atoms with van der Waals surface area (Å²) >= 11 is 3.37. The number of ether oxygens (including phenoxy) is 1. The van der Waals surface area contributed by atoms with Crippen LogP contribution in [0.2, 0.25) is 0 Å². The molecule has 0 unspecified atom stereocenters. The van der Waals surface area contributed by atoms with E-state index in [0.717, 1.165) is 18.2 Å². The standard InChI is InChI=1S/C20H18BrF2NO3/c1-27-14-3-4-17(21)15(11-14)20(26)24-8-6-12(7-9-24)19(25)16-10-13(22)2-5-18(16)23/h2-5,10-12H,6-9H2,1H3. The van der Waals surface area contributed by atoms with E-state index in [2.05, 4.69) is 15.9 Å². The van der Waals surface area contributed by atoms with Crippen molar-refractivity contribution in [3.63, 3.8) is 0 Å². The third-order valence-corrected chi connectivity index (χ3v) is 5.44. The summed E-state index contributed by atoms with van der Waals surface area (Å²) in [6.07, 6.45) is 0.810. The number of carbonyl (C=O) groups is 2. The van der Waals surface area contributed by atoms with E-state index in [0.29, 0.717) is 41.7 Å². The number of carbonyl (C=O) groups excluding carboxylic acids is 2. The highest BCUT2D eigenvalue weighted by molar-refractivity contribution is 9.10. The lowest BCUT2D eigenvalue weighted by Crippen LogP contribution is -2.40. The van der Waals surface area contributed by atoms with Gasteiger partial charge in [0.15, 0.2) is 5.78 Å². The highest BCUT2D eigenvalue weighted by Crippen LogP contribution is 2.28. The van der Waals surface area contributed by atoms with Crippen LogP contribution >= 0.6 is 15.9 Å². The van der Waals surface area contributed by atoms with Crippen LogP contribution in [0.4, 0.5) is 8.78 Å². The molecule has 7 heteroatoms. The summed E-state index contributed by atoms with van der Waals surface area (Å²) < 4.78 is 33.0. The minimum atomic E-state index is -0.722. The van der Waals surface area contributed by atoms with Crippen molar-refractivity contribution in [3.8, 4) is 5.75 Å². The van der Waals surface area contributed by atoms with Crippen molar-refractivity contribution >= 4 is 27.6 Å². The van der Waals surface area contributed by atoms with Gasteiger partial charge in [-0.3, -0.25) is 9.59 Å². The molecule has 0 bridgehead atoms. The molecule has 27 heavy (non-hydrogen) atoms. The van der Waals surface area contributed by atoms with E-state index in [1.165, 1.54) is 7.11 Å². The predicted octanol–water partition coefficient (Wildman–Crippen LogP) is 4.47. The molecule has 0 saturated carbocycles. The van der Waals surface area contributed by atoms with Crippen LogP contribution in [0.1, 0.15) is 33.6 Å². The summed E-state index contributed by atoms with van der Waals surface area (Å²) in [6.45, 7) is 0.742. The number of likely N-dealkylation sites (tertiary alicyclic amines) is 1. The van der Waals surface area contributed by atoms with E-state index in [1.54, 1.807) is 23.1 Å². The summed E-state index contributed by atoms with van der Waals surface area (Å²) in [5, 5.41) is 0. The van der Waals surface area contributed by atoms with Crippen LogP contribution in [0.15, 0.2) is 40.9 Å². The monoisotopic (exact) mass is 437 g/mol. The molecule has 1 heterocycles. The zero-order valence-electron chi connectivity index (χ0n) is 14.7. The number of Topliss-reactive ketones (excluding diaryl/α,β-unsaturated/α-hetero) is 1. The smallest absolute Gasteiger partial charge is 0.255 e. The third kappa shape index (κ3) is 4.18. The molecule has 3 rings (SSSR count). The maximum Gasteiger partial charge on any atom is 0.255 e. The molecule has 142 valence electrons. The number of amides is 1. The Balaban J connectivity index is 1.69. The van der Waals surface area contributed by atoms with Crippen LogP contribution < -0.4 is 4.74 Å². The molecule has 1 aliphatic heterocycles. The summed E-state index contributed by atoms with van der Waals surface area (Å²) in [7, 11) is 1.53. The number of halogens is 3. The van der Waals surface area contributed by atoms with Crippen LogP contribution in [-0.4, -0.2) is 36.8 Å². The number of piperidine rings is 1. The molecule has 0 atom stereocenters. The summed E-state index contributed by atoms with van der Waals surface area (Å²) in [6, 6.07) is 8.03. The average molecular weight is 438 g/mol. The second-order valence-electron chi connectivity index (χ2n) is 6.40. The number of nitrogens with zero attached hydrogens (tertiary/aromatic N) is 1. The molecule has 4 nitrogen and oxygen atoms in total. The van der Waals surface area contributed by atoms with Crippen molar-refractivity contribution in [2.45, 2.75) is 12.8 Å². The third-order valence-electron chi connectivity index (χ3n) is 4.75. The Hall–Kier alpha value is -2.28. The van der Waals surface area contributed by atoms with Gasteiger partial charge in [0.2, 0.25) is 0 Å². The van der Waals surface area contributed by atoms with Gasteiger partial charge in [0, 0.05) is 23.5 Å². The highest BCUT2D eigenvalue weighted by Gasteiger charge is 2.30. The Morgan fingerprint density at radius 2 is 1.78 bits per heavy atom. The van der Waals surface area contributed by atoms with Gasteiger partial charge in [0.05, 0.1) is 18.2 Å². The van der Waals surface area contributed by atoms with Crippen molar-refractivity contribution in [2.24, 2.45) is 5.92 Å². The van der Waals surface area contributed by atoms with Crippen molar-refractivity contribution in [2.75, 3.05) is 20.2 Å². The number of hydrogen-bond acceptors (Lipinski definition) is 3. The average Bonchev–Trinajstić information content (AvgIpc) is 2.69. The van der Waals surface area contributed by atoms with Gasteiger partial charge in [-0.05, 0) is 65.2 Å². The van der Waals surface area contributed by atoms with Crippen LogP contribution in [-0.2, 0) is 0 Å². The van der Waals surface area contributed by atoms with E-state index < -0.39 is 23.3 Å². The number of benzene rings is 2. The Kier molecular flexibility index (Phi) is 5.89. The van der Waals surface area contributed by atoms with E-state index in [1.807, 2.05) is 0 Å². The molecule has 0 spiro atoms. The second-order valence-corrected chi connectivity index (χ2v) is 7.26. The highest BCUT2D eigenvalue weighted by atomic mass is 79.9. The first-order valence-corrected chi connectivity index (χ1v) is 9.32. The lowest BCUT2D eigenvalue weighted by molar-refractivity contribution is 0.0648. The van der Waals surface area contributed by atoms with Crippen LogP contribution in [0, 0.1) is 17.6 Å². The first-order valence-electron chi connectivity index (χ1n) is 8.52. The molecule has 0 aromatic heterocycles. The SMILES string of the molecule is COc1ccc(Br)c(C(=O)N2CCC(C(=O)c3cc(F)ccc3F)CC2)c1. The zero-order chi connectivity index (χ0) is 19.6. The Labute approximate surface area is 164 Å². The molecule has 0 radical (unpaired) electrons. The Morgan fingerprint density at radius 1 is 1.07 bits per heavy atom. The normalized spacial score (nSPS) is 14.9. The minimum Gasteiger partial charge on any atom is -0.497 e. The number of methoxy groups -OCH3 is 1. The molecule has 0 N–H and O–H groups in total. The second kappa shape index (κ2) is 8.17. The number of ketones is 1. The van der Waals surface area contributed by atoms with Gasteiger partial charge >= 0.3 is 0 Å². The summed E-state index contributed by atoms with van der Waals surface area (Å²) in [5.41, 5.74) is 0.255. The lowest BCUT2D eigenvalue weighted by atomic mass is 9.88. The zero-order valence-corrected chi connectivity index (χ0v) is 16.3. The molecule has 2 aromatic rings. The van der Waals surface area contributed by atoms with Gasteiger partial charge in [-0.2, -0.15) is 0 Å². The maximum atomic E-state index is 13.8. The van der Waals surface area contributed by atoms with E-state index in [9.17, 15) is 18.4 Å². The summed E-state index contributed by atoms with van der Waals surface area (Å²) in [4.78, 5) is 27.0. The van der Waals surface area contributed by atoms with Gasteiger partial charge in [-0.25, -0.2) is 8.78 Å². The molecular weight excluding hydrogens is 420 g/mol. The van der Waals surface area contributed by atoms with E-state index >= 15 is 0 Å². The fraction of sp³-hybridized carbons (Fsp3) is 0.300. The molecule has 1 amide bonds. The van der Waals surface area contributed by atoms with Crippen LogP contribution in [0.25, 0.3) is 0 Å². The minimum absolute atomic E-state index is 0.163. The molecule has 1 fully saturated rings. The van der Waals surface area contributed by atoms with Crippen molar-refractivity contribution in [3.05, 3.63) is 63.6 Å². The molecular formula is C20H18BrF2NO3. The van der Waals surface area contributed by atoms with Gasteiger partial charge in [-0.15, -0.1) is 0 Å².